The van der Waals surface area contributed by atoms with Gasteiger partial charge in [0.1, 0.15) is 11.6 Å². The van der Waals surface area contributed by atoms with Crippen molar-refractivity contribution in [3.05, 3.63) is 29.8 Å². The SMILES string of the molecule is Cc1ccc(N2CCCC(NC(=O)C3(O)CCCC3)C2=O)cc1. The highest BCUT2D eigenvalue weighted by Gasteiger charge is 2.41. The van der Waals surface area contributed by atoms with Crippen molar-refractivity contribution in [3.63, 3.8) is 0 Å². The van der Waals surface area contributed by atoms with Gasteiger partial charge in [-0.1, -0.05) is 17.7 Å². The Hall–Kier alpha value is -1.88. The van der Waals surface area contributed by atoms with Gasteiger partial charge in [0.05, 0.1) is 0 Å². The molecule has 1 saturated carbocycles. The van der Waals surface area contributed by atoms with E-state index in [1.165, 1.54) is 0 Å². The number of anilines is 1. The van der Waals surface area contributed by atoms with E-state index in [9.17, 15) is 14.7 Å². The number of benzene rings is 1. The van der Waals surface area contributed by atoms with Crippen molar-refractivity contribution >= 4 is 17.5 Å². The molecule has 1 aliphatic carbocycles. The highest BCUT2D eigenvalue weighted by molar-refractivity contribution is 6.00. The number of piperidine rings is 1. The number of carbonyl (C=O) groups is 2. The maximum atomic E-state index is 12.7. The number of hydrogen-bond donors (Lipinski definition) is 2. The normalized spacial score (nSPS) is 23.8. The van der Waals surface area contributed by atoms with E-state index in [-0.39, 0.29) is 11.8 Å². The molecule has 2 N–H and O–H groups in total. The summed E-state index contributed by atoms with van der Waals surface area (Å²) in [6.07, 6.45) is 4.16. The van der Waals surface area contributed by atoms with Gasteiger partial charge in [-0.3, -0.25) is 9.59 Å². The van der Waals surface area contributed by atoms with Gasteiger partial charge < -0.3 is 15.3 Å². The van der Waals surface area contributed by atoms with Crippen molar-refractivity contribution < 1.29 is 14.7 Å². The van der Waals surface area contributed by atoms with Crippen LogP contribution in [-0.4, -0.2) is 35.1 Å². The van der Waals surface area contributed by atoms with Crippen molar-refractivity contribution in [2.75, 3.05) is 11.4 Å². The van der Waals surface area contributed by atoms with Crippen molar-refractivity contribution in [3.8, 4) is 0 Å². The summed E-state index contributed by atoms with van der Waals surface area (Å²) in [5.41, 5.74) is 0.720. The summed E-state index contributed by atoms with van der Waals surface area (Å²) >= 11 is 0. The zero-order chi connectivity index (χ0) is 16.4. The minimum atomic E-state index is -1.29. The van der Waals surface area contributed by atoms with E-state index in [0.29, 0.717) is 25.8 Å². The molecule has 1 aliphatic heterocycles. The molecule has 23 heavy (non-hydrogen) atoms. The summed E-state index contributed by atoms with van der Waals surface area (Å²) in [6.45, 7) is 2.67. The Morgan fingerprint density at radius 2 is 1.87 bits per heavy atom. The summed E-state index contributed by atoms with van der Waals surface area (Å²) in [5.74, 6) is -0.478. The lowest BCUT2D eigenvalue weighted by molar-refractivity contribution is -0.142. The Labute approximate surface area is 136 Å². The van der Waals surface area contributed by atoms with Crippen LogP contribution in [0.5, 0.6) is 0 Å². The van der Waals surface area contributed by atoms with Crippen LogP contribution < -0.4 is 10.2 Å². The van der Waals surface area contributed by atoms with Gasteiger partial charge >= 0.3 is 0 Å². The molecule has 2 fully saturated rings. The summed E-state index contributed by atoms with van der Waals surface area (Å²) < 4.78 is 0. The number of aryl methyl sites for hydroxylation is 1. The second-order valence-electron chi connectivity index (χ2n) is 6.73. The van der Waals surface area contributed by atoms with Crippen LogP contribution in [0.2, 0.25) is 0 Å². The first-order chi connectivity index (χ1) is 11.0. The first-order valence-corrected chi connectivity index (χ1v) is 8.41. The van der Waals surface area contributed by atoms with Gasteiger partial charge in [0.2, 0.25) is 5.91 Å². The lowest BCUT2D eigenvalue weighted by Gasteiger charge is -2.34. The fraction of sp³-hybridized carbons (Fsp3) is 0.556. The molecule has 0 aromatic heterocycles. The van der Waals surface area contributed by atoms with Gasteiger partial charge in [0.15, 0.2) is 0 Å². The molecule has 124 valence electrons. The molecule has 5 heteroatoms. The van der Waals surface area contributed by atoms with Crippen LogP contribution in [0, 0.1) is 6.92 Å². The smallest absolute Gasteiger partial charge is 0.252 e. The van der Waals surface area contributed by atoms with Crippen molar-refractivity contribution in [1.29, 1.82) is 0 Å². The summed E-state index contributed by atoms with van der Waals surface area (Å²) in [6, 6.07) is 7.28. The van der Waals surface area contributed by atoms with Crippen LogP contribution in [-0.2, 0) is 9.59 Å². The highest BCUT2D eigenvalue weighted by atomic mass is 16.3. The fourth-order valence-electron chi connectivity index (χ4n) is 3.47. The number of aliphatic hydroxyl groups is 1. The molecule has 5 nitrogen and oxygen atoms in total. The van der Waals surface area contributed by atoms with E-state index < -0.39 is 11.6 Å². The molecular formula is C18H24N2O3. The Kier molecular flexibility index (Phi) is 4.39. The van der Waals surface area contributed by atoms with E-state index in [1.54, 1.807) is 4.90 Å². The van der Waals surface area contributed by atoms with E-state index in [1.807, 2.05) is 31.2 Å². The third-order valence-corrected chi connectivity index (χ3v) is 4.94. The second kappa shape index (κ2) is 6.32. The average Bonchev–Trinajstić information content (AvgIpc) is 2.98. The van der Waals surface area contributed by atoms with Crippen LogP contribution in [0.1, 0.15) is 44.1 Å². The van der Waals surface area contributed by atoms with Gasteiger partial charge in [0.25, 0.3) is 5.91 Å². The lowest BCUT2D eigenvalue weighted by atomic mass is 9.98. The van der Waals surface area contributed by atoms with Crippen LogP contribution in [0.3, 0.4) is 0 Å². The first-order valence-electron chi connectivity index (χ1n) is 8.41. The summed E-state index contributed by atoms with van der Waals surface area (Å²) in [5, 5.41) is 13.1. The van der Waals surface area contributed by atoms with Gasteiger partial charge in [-0.15, -0.1) is 0 Å². The molecule has 2 amide bonds. The molecule has 2 aliphatic rings. The predicted molar refractivity (Wildman–Crippen MR) is 88.1 cm³/mol. The number of amides is 2. The Morgan fingerprint density at radius 3 is 2.52 bits per heavy atom. The third kappa shape index (κ3) is 3.24. The molecule has 1 aromatic rings. The molecular weight excluding hydrogens is 292 g/mol. The number of nitrogens with one attached hydrogen (secondary N) is 1. The number of carbonyl (C=O) groups excluding carboxylic acids is 2. The maximum Gasteiger partial charge on any atom is 0.252 e. The zero-order valence-corrected chi connectivity index (χ0v) is 13.5. The van der Waals surface area contributed by atoms with E-state index >= 15 is 0 Å². The van der Waals surface area contributed by atoms with Crippen LogP contribution in [0.4, 0.5) is 5.69 Å². The van der Waals surface area contributed by atoms with Crippen LogP contribution in [0.15, 0.2) is 24.3 Å². The van der Waals surface area contributed by atoms with Crippen molar-refractivity contribution in [1.82, 2.24) is 5.32 Å². The Balaban J connectivity index is 1.70. The van der Waals surface area contributed by atoms with Gasteiger partial charge in [-0.05, 0) is 57.6 Å². The second-order valence-corrected chi connectivity index (χ2v) is 6.73. The highest BCUT2D eigenvalue weighted by Crippen LogP contribution is 2.30. The van der Waals surface area contributed by atoms with E-state index in [2.05, 4.69) is 5.32 Å². The molecule has 0 spiro atoms. The molecule has 1 unspecified atom stereocenters. The quantitative estimate of drug-likeness (QED) is 0.895. The van der Waals surface area contributed by atoms with Crippen molar-refractivity contribution in [2.24, 2.45) is 0 Å². The molecule has 1 atom stereocenters. The summed E-state index contributed by atoms with van der Waals surface area (Å²) in [7, 11) is 0. The minimum absolute atomic E-state index is 0.0879. The minimum Gasteiger partial charge on any atom is -0.380 e. The summed E-state index contributed by atoms with van der Waals surface area (Å²) in [4.78, 5) is 26.8. The zero-order valence-electron chi connectivity index (χ0n) is 13.5. The van der Waals surface area contributed by atoms with Crippen LogP contribution in [0.25, 0.3) is 0 Å². The molecule has 0 bridgehead atoms. The number of rotatable bonds is 3. The monoisotopic (exact) mass is 316 g/mol. The predicted octanol–water partition coefficient (Wildman–Crippen LogP) is 1.91. The van der Waals surface area contributed by atoms with Gasteiger partial charge in [-0.2, -0.15) is 0 Å². The average molecular weight is 316 g/mol. The molecule has 3 rings (SSSR count). The molecule has 0 radical (unpaired) electrons. The fourth-order valence-corrected chi connectivity index (χ4v) is 3.47. The Morgan fingerprint density at radius 1 is 1.22 bits per heavy atom. The number of nitrogens with zero attached hydrogens (tertiary/aromatic N) is 1. The molecule has 1 aromatic carbocycles. The number of hydrogen-bond acceptors (Lipinski definition) is 3. The van der Waals surface area contributed by atoms with Gasteiger partial charge in [-0.25, -0.2) is 0 Å². The lowest BCUT2D eigenvalue weighted by Crippen LogP contribution is -2.56. The van der Waals surface area contributed by atoms with Gasteiger partial charge in [0, 0.05) is 12.2 Å². The maximum absolute atomic E-state index is 12.7. The molecule has 1 saturated heterocycles. The molecule has 1 heterocycles. The van der Waals surface area contributed by atoms with Crippen molar-refractivity contribution in [2.45, 2.75) is 57.1 Å². The van der Waals surface area contributed by atoms with E-state index in [0.717, 1.165) is 30.5 Å². The van der Waals surface area contributed by atoms with E-state index in [4.69, 9.17) is 0 Å². The first kappa shape index (κ1) is 16.0. The largest absolute Gasteiger partial charge is 0.380 e. The van der Waals surface area contributed by atoms with Crippen LogP contribution >= 0.6 is 0 Å². The third-order valence-electron chi connectivity index (χ3n) is 4.94. The standard InChI is InChI=1S/C18H24N2O3/c1-13-6-8-14(9-7-13)20-12-4-5-15(16(20)21)19-17(22)18(23)10-2-3-11-18/h6-9,15,23H,2-5,10-12H2,1H3,(H,19,22). The topological polar surface area (TPSA) is 69.6 Å². The Bertz CT molecular complexity index is 591.